The fourth-order valence-electron chi connectivity index (χ4n) is 3.23. The molecule has 0 aliphatic heterocycles. The Hall–Kier alpha value is -3.46. The van der Waals surface area contributed by atoms with E-state index in [9.17, 15) is 13.2 Å². The van der Waals surface area contributed by atoms with Crippen molar-refractivity contribution in [2.45, 2.75) is 12.8 Å². The van der Waals surface area contributed by atoms with Crippen molar-refractivity contribution in [2.24, 2.45) is 5.92 Å². The summed E-state index contributed by atoms with van der Waals surface area (Å²) in [5.74, 6) is 0.986. The molecular formula is C23H25N5O3S. The zero-order chi connectivity index (χ0) is 22.7. The third-order valence-corrected chi connectivity index (χ3v) is 6.53. The van der Waals surface area contributed by atoms with Crippen molar-refractivity contribution >= 4 is 33.1 Å². The van der Waals surface area contributed by atoms with E-state index >= 15 is 0 Å². The van der Waals surface area contributed by atoms with Crippen molar-refractivity contribution in [3.63, 3.8) is 0 Å². The molecule has 2 N–H and O–H groups in total. The van der Waals surface area contributed by atoms with Crippen LogP contribution >= 0.6 is 0 Å². The summed E-state index contributed by atoms with van der Waals surface area (Å²) in [6.07, 6.45) is 6.77. The monoisotopic (exact) mass is 451 g/mol. The molecule has 2 aromatic heterocycles. The largest absolute Gasteiger partial charge is 0.345 e. The molecule has 1 saturated carbocycles. The zero-order valence-corrected chi connectivity index (χ0v) is 18.8. The van der Waals surface area contributed by atoms with E-state index in [4.69, 9.17) is 0 Å². The number of pyridine rings is 2. The van der Waals surface area contributed by atoms with Gasteiger partial charge in [-0.1, -0.05) is 12.1 Å². The quantitative estimate of drug-likeness (QED) is 0.541. The molecule has 32 heavy (non-hydrogen) atoms. The molecule has 4 rings (SSSR count). The van der Waals surface area contributed by atoms with Gasteiger partial charge in [-0.05, 0) is 54.7 Å². The van der Waals surface area contributed by atoms with Crippen LogP contribution in [0.15, 0.2) is 61.1 Å². The number of hydrogen-bond donors (Lipinski definition) is 2. The molecule has 0 unspecified atom stereocenters. The second-order valence-corrected chi connectivity index (χ2v) is 9.89. The molecule has 0 saturated heterocycles. The van der Waals surface area contributed by atoms with Gasteiger partial charge in [0.1, 0.15) is 5.82 Å². The predicted molar refractivity (Wildman–Crippen MR) is 125 cm³/mol. The van der Waals surface area contributed by atoms with Gasteiger partial charge >= 0.3 is 0 Å². The predicted octanol–water partition coefficient (Wildman–Crippen LogP) is 3.74. The molecule has 1 aromatic carbocycles. The Balaban J connectivity index is 1.42. The number of hydrogen-bond acceptors (Lipinski definition) is 6. The summed E-state index contributed by atoms with van der Waals surface area (Å²) in [7, 11) is 0.0772. The van der Waals surface area contributed by atoms with Gasteiger partial charge in [0, 0.05) is 31.4 Å². The fourth-order valence-corrected chi connectivity index (χ4v) is 4.74. The number of aromatic nitrogens is 2. The van der Waals surface area contributed by atoms with Crippen LogP contribution in [0.25, 0.3) is 11.1 Å². The summed E-state index contributed by atoms with van der Waals surface area (Å²) in [4.78, 5) is 22.1. The molecule has 9 heteroatoms. The fraction of sp³-hybridized carbons (Fsp3) is 0.261. The van der Waals surface area contributed by atoms with Gasteiger partial charge in [-0.3, -0.25) is 14.5 Å². The highest BCUT2D eigenvalue weighted by Crippen LogP contribution is 2.31. The Morgan fingerprint density at radius 1 is 1.00 bits per heavy atom. The van der Waals surface area contributed by atoms with Crippen LogP contribution in [0.5, 0.6) is 0 Å². The van der Waals surface area contributed by atoms with Crippen LogP contribution in [0.2, 0.25) is 0 Å². The molecule has 8 nitrogen and oxygen atoms in total. The second kappa shape index (κ2) is 8.96. The standard InChI is InChI=1S/C23H25N5O3S/c1-28(2)23(29)18-7-5-17(6-8-18)19-9-10-22(25-12-19)26-20-11-21(14-24-13-20)27-32(30,31)15-16-3-4-16/h5-14,16,27H,3-4,15H2,1-2H3,(H,25,26). The third kappa shape index (κ3) is 5.61. The van der Waals surface area contributed by atoms with Crippen molar-refractivity contribution in [3.8, 4) is 11.1 Å². The molecule has 1 amide bonds. The van der Waals surface area contributed by atoms with E-state index in [1.807, 2.05) is 24.3 Å². The smallest absolute Gasteiger partial charge is 0.253 e. The molecule has 166 valence electrons. The zero-order valence-electron chi connectivity index (χ0n) is 17.9. The van der Waals surface area contributed by atoms with Crippen LogP contribution in [-0.4, -0.2) is 49.0 Å². The van der Waals surface area contributed by atoms with Crippen molar-refractivity contribution < 1.29 is 13.2 Å². The number of carbonyl (C=O) groups excluding carboxylic acids is 1. The maximum absolute atomic E-state index is 12.2. The Labute approximate surface area is 187 Å². The number of nitrogens with zero attached hydrogens (tertiary/aromatic N) is 3. The van der Waals surface area contributed by atoms with Crippen LogP contribution in [-0.2, 0) is 10.0 Å². The number of rotatable bonds is 8. The second-order valence-electron chi connectivity index (χ2n) is 8.12. The lowest BCUT2D eigenvalue weighted by molar-refractivity contribution is 0.0827. The molecule has 0 radical (unpaired) electrons. The minimum absolute atomic E-state index is 0.0418. The normalized spacial score (nSPS) is 13.4. The molecule has 2 heterocycles. The van der Waals surface area contributed by atoms with Crippen LogP contribution in [0.4, 0.5) is 17.2 Å². The summed E-state index contributed by atoms with van der Waals surface area (Å²) >= 11 is 0. The average molecular weight is 452 g/mol. The highest BCUT2D eigenvalue weighted by molar-refractivity contribution is 7.92. The minimum atomic E-state index is -3.37. The highest BCUT2D eigenvalue weighted by atomic mass is 32.2. The Kier molecular flexibility index (Phi) is 6.09. The molecule has 1 fully saturated rings. The van der Waals surface area contributed by atoms with Gasteiger partial charge in [0.25, 0.3) is 5.91 Å². The summed E-state index contributed by atoms with van der Waals surface area (Å²) in [6.45, 7) is 0. The van der Waals surface area contributed by atoms with Gasteiger partial charge < -0.3 is 10.2 Å². The van der Waals surface area contributed by atoms with Gasteiger partial charge in [0.15, 0.2) is 0 Å². The number of amides is 1. The topological polar surface area (TPSA) is 104 Å². The van der Waals surface area contributed by atoms with E-state index in [0.29, 0.717) is 22.8 Å². The Morgan fingerprint density at radius 2 is 1.69 bits per heavy atom. The number of sulfonamides is 1. The number of benzene rings is 1. The maximum atomic E-state index is 12.2. The van der Waals surface area contributed by atoms with Gasteiger partial charge in [-0.25, -0.2) is 13.4 Å². The highest BCUT2D eigenvalue weighted by Gasteiger charge is 2.28. The van der Waals surface area contributed by atoms with E-state index in [-0.39, 0.29) is 17.6 Å². The third-order valence-electron chi connectivity index (χ3n) is 5.07. The summed E-state index contributed by atoms with van der Waals surface area (Å²) < 4.78 is 27.0. The first kappa shape index (κ1) is 21.8. The average Bonchev–Trinajstić information content (AvgIpc) is 3.57. The Bertz CT molecular complexity index is 1210. The molecule has 0 bridgehead atoms. The summed E-state index contributed by atoms with van der Waals surface area (Å²) in [5, 5.41) is 3.14. The molecule has 1 aliphatic carbocycles. The first-order chi connectivity index (χ1) is 15.3. The van der Waals surface area contributed by atoms with Crippen LogP contribution < -0.4 is 10.0 Å². The van der Waals surface area contributed by atoms with Crippen LogP contribution in [0.3, 0.4) is 0 Å². The van der Waals surface area contributed by atoms with E-state index in [0.717, 1.165) is 24.0 Å². The van der Waals surface area contributed by atoms with Crippen LogP contribution in [0, 0.1) is 5.92 Å². The lowest BCUT2D eigenvalue weighted by Crippen LogP contribution is -2.21. The SMILES string of the molecule is CN(C)C(=O)c1ccc(-c2ccc(Nc3cncc(NS(=O)(=O)CC4CC4)c3)nc2)cc1. The lowest BCUT2D eigenvalue weighted by Gasteiger charge is -2.11. The van der Waals surface area contributed by atoms with Gasteiger partial charge in [0.2, 0.25) is 10.0 Å². The minimum Gasteiger partial charge on any atom is -0.345 e. The lowest BCUT2D eigenvalue weighted by atomic mass is 10.1. The van der Waals surface area contributed by atoms with Crippen molar-refractivity contribution in [2.75, 3.05) is 29.9 Å². The molecule has 3 aromatic rings. The molecule has 1 aliphatic rings. The maximum Gasteiger partial charge on any atom is 0.253 e. The first-order valence-electron chi connectivity index (χ1n) is 10.3. The van der Waals surface area contributed by atoms with Crippen molar-refractivity contribution in [1.82, 2.24) is 14.9 Å². The van der Waals surface area contributed by atoms with Gasteiger partial charge in [-0.2, -0.15) is 0 Å². The Morgan fingerprint density at radius 3 is 2.31 bits per heavy atom. The van der Waals surface area contributed by atoms with E-state index in [2.05, 4.69) is 20.0 Å². The van der Waals surface area contributed by atoms with Gasteiger partial charge in [0.05, 0.1) is 29.5 Å². The van der Waals surface area contributed by atoms with E-state index in [1.54, 1.807) is 49.6 Å². The van der Waals surface area contributed by atoms with E-state index < -0.39 is 10.0 Å². The summed E-state index contributed by atoms with van der Waals surface area (Å²) in [5.41, 5.74) is 3.54. The molecule has 0 atom stereocenters. The number of anilines is 3. The van der Waals surface area contributed by atoms with E-state index in [1.165, 1.54) is 6.20 Å². The first-order valence-corrected chi connectivity index (χ1v) is 11.9. The number of carbonyl (C=O) groups is 1. The van der Waals surface area contributed by atoms with Crippen LogP contribution in [0.1, 0.15) is 23.2 Å². The summed E-state index contributed by atoms with van der Waals surface area (Å²) in [6, 6.07) is 12.8. The number of nitrogens with one attached hydrogen (secondary N) is 2. The van der Waals surface area contributed by atoms with Crippen molar-refractivity contribution in [1.29, 1.82) is 0 Å². The van der Waals surface area contributed by atoms with Gasteiger partial charge in [-0.15, -0.1) is 0 Å². The molecule has 0 spiro atoms. The molecular weight excluding hydrogens is 426 g/mol. The van der Waals surface area contributed by atoms with Crippen molar-refractivity contribution in [3.05, 3.63) is 66.6 Å².